The Balaban J connectivity index is 1.65. The number of aryl methyl sites for hydroxylation is 1. The van der Waals surface area contributed by atoms with Gasteiger partial charge >= 0.3 is 0 Å². The summed E-state index contributed by atoms with van der Waals surface area (Å²) in [6, 6.07) is 15.5. The Morgan fingerprint density at radius 3 is 2.40 bits per heavy atom. The average molecular weight is 400 g/mol. The van der Waals surface area contributed by atoms with Crippen LogP contribution >= 0.6 is 0 Å². The number of carbonyl (C=O) groups is 2. The molecule has 3 aromatic rings. The van der Waals surface area contributed by atoms with Gasteiger partial charge in [0, 0.05) is 31.0 Å². The highest BCUT2D eigenvalue weighted by Crippen LogP contribution is 2.43. The zero-order chi connectivity index (χ0) is 20.9. The molecular formula is C25H24N2O3. The fourth-order valence-corrected chi connectivity index (χ4v) is 4.89. The highest BCUT2D eigenvalue weighted by Gasteiger charge is 2.47. The molecule has 0 N–H and O–H groups in total. The normalized spacial score (nSPS) is 17.6. The Hall–Kier alpha value is -3.34. The number of para-hydroxylation sites is 1. The Morgan fingerprint density at radius 1 is 1.00 bits per heavy atom. The van der Waals surface area contributed by atoms with Gasteiger partial charge in [-0.15, -0.1) is 0 Å². The molecule has 1 spiro atoms. The molecule has 0 bridgehead atoms. The lowest BCUT2D eigenvalue weighted by molar-refractivity contribution is 0.0613. The van der Waals surface area contributed by atoms with Crippen molar-refractivity contribution in [1.82, 2.24) is 9.47 Å². The number of amides is 1. The van der Waals surface area contributed by atoms with Gasteiger partial charge in [-0.05, 0) is 36.6 Å². The quantitative estimate of drug-likeness (QED) is 0.614. The van der Waals surface area contributed by atoms with E-state index in [4.69, 9.17) is 4.74 Å². The van der Waals surface area contributed by atoms with E-state index in [0.29, 0.717) is 37.2 Å². The minimum atomic E-state index is -0.586. The number of fused-ring (bicyclic) bond motifs is 3. The molecule has 0 fully saturated rings. The van der Waals surface area contributed by atoms with Gasteiger partial charge in [0.05, 0.1) is 18.1 Å². The molecule has 30 heavy (non-hydrogen) atoms. The average Bonchev–Trinajstić information content (AvgIpc) is 3.34. The smallest absolute Gasteiger partial charge is 0.271 e. The van der Waals surface area contributed by atoms with Crippen molar-refractivity contribution in [2.75, 3.05) is 13.7 Å². The lowest BCUT2D eigenvalue weighted by Gasteiger charge is -2.31. The number of hydrogen-bond acceptors (Lipinski definition) is 3. The van der Waals surface area contributed by atoms with Gasteiger partial charge in [0.2, 0.25) is 0 Å². The molecule has 1 aromatic heterocycles. The van der Waals surface area contributed by atoms with E-state index in [1.807, 2.05) is 65.0 Å². The van der Waals surface area contributed by atoms with Crippen molar-refractivity contribution >= 4 is 22.6 Å². The second kappa shape index (κ2) is 6.87. The number of ether oxygens (including phenoxy) is 1. The van der Waals surface area contributed by atoms with Crippen molar-refractivity contribution in [2.24, 2.45) is 12.5 Å². The van der Waals surface area contributed by atoms with Crippen LogP contribution < -0.4 is 4.74 Å². The number of ketones is 1. The Morgan fingerprint density at radius 2 is 1.70 bits per heavy atom. The standard InChI is InChI=1S/C25H24N2O3/c1-26-20-8-4-3-7-19(20)21-22(26)24(29)27(15-17-9-11-18(30-2)12-10-17)16-25(23(21)28)13-5-6-14-25/h3-12H,13-16H2,1-2H3. The van der Waals surface area contributed by atoms with E-state index < -0.39 is 5.41 Å². The highest BCUT2D eigenvalue weighted by atomic mass is 16.5. The third kappa shape index (κ3) is 2.69. The van der Waals surface area contributed by atoms with E-state index in [1.54, 1.807) is 7.11 Å². The van der Waals surface area contributed by atoms with Crippen molar-refractivity contribution in [3.8, 4) is 5.75 Å². The minimum absolute atomic E-state index is 0.0864. The Kier molecular flexibility index (Phi) is 4.28. The molecule has 1 amide bonds. The summed E-state index contributed by atoms with van der Waals surface area (Å²) < 4.78 is 7.13. The molecule has 0 saturated heterocycles. The van der Waals surface area contributed by atoms with Gasteiger partial charge < -0.3 is 14.2 Å². The van der Waals surface area contributed by atoms with Gasteiger partial charge in [-0.3, -0.25) is 9.59 Å². The summed E-state index contributed by atoms with van der Waals surface area (Å²) >= 11 is 0. The number of hydrogen-bond donors (Lipinski definition) is 0. The Labute approximate surface area is 175 Å². The van der Waals surface area contributed by atoms with Crippen LogP contribution in [0.25, 0.3) is 10.9 Å². The van der Waals surface area contributed by atoms with Crippen LogP contribution in [-0.2, 0) is 13.6 Å². The maximum absolute atomic E-state index is 13.9. The SMILES string of the molecule is COc1ccc(CN2CC3(CC=CC3)C(=O)c3c(n(C)c4ccccc34)C2=O)cc1. The van der Waals surface area contributed by atoms with Crippen LogP contribution in [0.3, 0.4) is 0 Å². The zero-order valence-electron chi connectivity index (χ0n) is 17.2. The van der Waals surface area contributed by atoms with Gasteiger partial charge in [-0.1, -0.05) is 42.5 Å². The summed E-state index contributed by atoms with van der Waals surface area (Å²) in [6.45, 7) is 0.880. The lowest BCUT2D eigenvalue weighted by Crippen LogP contribution is -2.41. The second-order valence-corrected chi connectivity index (χ2v) is 8.30. The fraction of sp³-hybridized carbons (Fsp3) is 0.280. The summed E-state index contributed by atoms with van der Waals surface area (Å²) in [5.41, 5.74) is 2.42. The summed E-state index contributed by atoms with van der Waals surface area (Å²) in [7, 11) is 3.51. The summed E-state index contributed by atoms with van der Waals surface area (Å²) in [6.07, 6.45) is 5.48. The van der Waals surface area contributed by atoms with Crippen molar-refractivity contribution in [1.29, 1.82) is 0 Å². The first-order chi connectivity index (χ1) is 14.5. The number of Topliss-reactive ketones (excluding diaryl/α,β-unsaturated/α-hetero) is 1. The van der Waals surface area contributed by atoms with Crippen LogP contribution in [0.2, 0.25) is 0 Å². The third-order valence-electron chi connectivity index (χ3n) is 6.52. The maximum atomic E-state index is 13.9. The van der Waals surface area contributed by atoms with Crippen LogP contribution in [-0.4, -0.2) is 34.8 Å². The molecular weight excluding hydrogens is 376 g/mol. The molecule has 5 nitrogen and oxygen atoms in total. The van der Waals surface area contributed by atoms with Gasteiger partial charge in [0.25, 0.3) is 5.91 Å². The molecule has 152 valence electrons. The van der Waals surface area contributed by atoms with Crippen LogP contribution in [0.4, 0.5) is 0 Å². The number of carbonyl (C=O) groups excluding carboxylic acids is 2. The first kappa shape index (κ1) is 18.7. The first-order valence-corrected chi connectivity index (χ1v) is 10.2. The van der Waals surface area contributed by atoms with Crippen LogP contribution in [0.1, 0.15) is 39.3 Å². The van der Waals surface area contributed by atoms with Crippen LogP contribution in [0.5, 0.6) is 5.75 Å². The molecule has 2 aliphatic rings. The predicted octanol–water partition coefficient (Wildman–Crippen LogP) is 4.36. The summed E-state index contributed by atoms with van der Waals surface area (Å²) in [4.78, 5) is 29.5. The van der Waals surface area contributed by atoms with Crippen LogP contribution in [0, 0.1) is 5.41 Å². The molecule has 0 saturated carbocycles. The van der Waals surface area contributed by atoms with Crippen molar-refractivity contribution in [2.45, 2.75) is 19.4 Å². The number of benzene rings is 2. The molecule has 0 unspecified atom stereocenters. The second-order valence-electron chi connectivity index (χ2n) is 8.30. The molecule has 2 heterocycles. The maximum Gasteiger partial charge on any atom is 0.271 e. The van der Waals surface area contributed by atoms with E-state index in [9.17, 15) is 9.59 Å². The molecule has 1 aliphatic heterocycles. The van der Waals surface area contributed by atoms with Crippen LogP contribution in [0.15, 0.2) is 60.7 Å². The number of rotatable bonds is 3. The number of allylic oxidation sites excluding steroid dienone is 2. The van der Waals surface area contributed by atoms with E-state index in [2.05, 4.69) is 12.2 Å². The molecule has 5 heteroatoms. The van der Waals surface area contributed by atoms with E-state index in [1.165, 1.54) is 0 Å². The minimum Gasteiger partial charge on any atom is -0.497 e. The summed E-state index contributed by atoms with van der Waals surface area (Å²) in [5, 5.41) is 0.867. The number of nitrogens with zero attached hydrogens (tertiary/aromatic N) is 2. The van der Waals surface area contributed by atoms with Crippen molar-refractivity contribution < 1.29 is 14.3 Å². The molecule has 1 aliphatic carbocycles. The van der Waals surface area contributed by atoms with Gasteiger partial charge in [0.1, 0.15) is 11.4 Å². The number of methoxy groups -OCH3 is 1. The Bertz CT molecular complexity index is 1180. The fourth-order valence-electron chi connectivity index (χ4n) is 4.89. The van der Waals surface area contributed by atoms with Gasteiger partial charge in [-0.2, -0.15) is 0 Å². The summed E-state index contributed by atoms with van der Waals surface area (Å²) in [5.74, 6) is 0.782. The topological polar surface area (TPSA) is 51.5 Å². The molecule has 5 rings (SSSR count). The van der Waals surface area contributed by atoms with E-state index in [0.717, 1.165) is 22.2 Å². The van der Waals surface area contributed by atoms with Gasteiger partial charge in [0.15, 0.2) is 5.78 Å². The van der Waals surface area contributed by atoms with Gasteiger partial charge in [-0.25, -0.2) is 0 Å². The van der Waals surface area contributed by atoms with E-state index >= 15 is 0 Å². The molecule has 0 atom stereocenters. The van der Waals surface area contributed by atoms with E-state index in [-0.39, 0.29) is 11.7 Å². The highest BCUT2D eigenvalue weighted by molar-refractivity contribution is 6.19. The molecule has 2 aromatic carbocycles. The number of aromatic nitrogens is 1. The lowest BCUT2D eigenvalue weighted by atomic mass is 9.78. The largest absolute Gasteiger partial charge is 0.497 e. The van der Waals surface area contributed by atoms with Crippen molar-refractivity contribution in [3.63, 3.8) is 0 Å². The zero-order valence-corrected chi connectivity index (χ0v) is 17.2. The third-order valence-corrected chi connectivity index (χ3v) is 6.52. The van der Waals surface area contributed by atoms with Crippen molar-refractivity contribution in [3.05, 3.63) is 77.5 Å². The molecule has 0 radical (unpaired) electrons. The first-order valence-electron chi connectivity index (χ1n) is 10.2. The predicted molar refractivity (Wildman–Crippen MR) is 116 cm³/mol. The monoisotopic (exact) mass is 400 g/mol.